The molecule has 6 heteroatoms. The molecule has 1 rings (SSSR count). The van der Waals surface area contributed by atoms with Gasteiger partial charge in [0, 0.05) is 19.1 Å². The fourth-order valence-electron chi connectivity index (χ4n) is 1.16. The highest BCUT2D eigenvalue weighted by Gasteiger charge is 2.23. The number of nitrogens with one attached hydrogen (secondary N) is 2. The molecule has 86 valence electrons. The molecule has 0 aromatic carbocycles. The lowest BCUT2D eigenvalue weighted by molar-refractivity contribution is -0.120. The molecule has 0 aromatic heterocycles. The smallest absolute Gasteiger partial charge is 0.321 e. The van der Waals surface area contributed by atoms with E-state index in [4.69, 9.17) is 5.73 Å². The third-order valence-electron chi connectivity index (χ3n) is 2.09. The topological polar surface area (TPSA) is 87.5 Å². The van der Waals surface area contributed by atoms with Crippen LogP contribution in [-0.4, -0.2) is 49.6 Å². The first-order valence-electron chi connectivity index (χ1n) is 5.10. The van der Waals surface area contributed by atoms with E-state index in [1.807, 2.05) is 0 Å². The van der Waals surface area contributed by atoms with Crippen LogP contribution in [-0.2, 0) is 4.79 Å². The summed E-state index contributed by atoms with van der Waals surface area (Å²) < 4.78 is 0. The number of nitrogens with two attached hydrogens (primary N) is 1. The van der Waals surface area contributed by atoms with Gasteiger partial charge in [-0.15, -0.1) is 0 Å². The molecule has 0 aromatic rings. The van der Waals surface area contributed by atoms with E-state index in [1.54, 1.807) is 11.9 Å². The molecule has 1 saturated carbocycles. The maximum Gasteiger partial charge on any atom is 0.321 e. The SMILES string of the molecule is CN(CCN)CC(=O)NC(=O)NC1CC1. The van der Waals surface area contributed by atoms with Gasteiger partial charge in [-0.1, -0.05) is 0 Å². The minimum atomic E-state index is -0.399. The number of carbonyl (C=O) groups is 2. The predicted molar refractivity (Wildman–Crippen MR) is 56.2 cm³/mol. The number of rotatable bonds is 5. The molecule has 0 saturated heterocycles. The zero-order valence-corrected chi connectivity index (χ0v) is 8.95. The van der Waals surface area contributed by atoms with Crippen LogP contribution in [0.5, 0.6) is 0 Å². The number of urea groups is 1. The number of hydrogen-bond donors (Lipinski definition) is 3. The minimum absolute atomic E-state index is 0.190. The van der Waals surface area contributed by atoms with E-state index < -0.39 is 6.03 Å². The molecular weight excluding hydrogens is 196 g/mol. The third-order valence-corrected chi connectivity index (χ3v) is 2.09. The van der Waals surface area contributed by atoms with Crippen molar-refractivity contribution in [3.05, 3.63) is 0 Å². The molecule has 0 unspecified atom stereocenters. The van der Waals surface area contributed by atoms with Crippen LogP contribution >= 0.6 is 0 Å². The van der Waals surface area contributed by atoms with Crippen LogP contribution in [0.15, 0.2) is 0 Å². The van der Waals surface area contributed by atoms with Gasteiger partial charge in [0.1, 0.15) is 0 Å². The fraction of sp³-hybridized carbons (Fsp3) is 0.778. The second kappa shape index (κ2) is 5.67. The van der Waals surface area contributed by atoms with Crippen LogP contribution in [0.2, 0.25) is 0 Å². The van der Waals surface area contributed by atoms with Crippen molar-refractivity contribution in [2.75, 3.05) is 26.7 Å². The van der Waals surface area contributed by atoms with Crippen molar-refractivity contribution in [2.45, 2.75) is 18.9 Å². The lowest BCUT2D eigenvalue weighted by Crippen LogP contribution is -2.45. The fourth-order valence-corrected chi connectivity index (χ4v) is 1.16. The van der Waals surface area contributed by atoms with E-state index in [0.717, 1.165) is 12.8 Å². The van der Waals surface area contributed by atoms with Crippen LogP contribution in [0, 0.1) is 0 Å². The number of amides is 3. The summed E-state index contributed by atoms with van der Waals surface area (Å²) in [5, 5.41) is 4.95. The quantitative estimate of drug-likeness (QED) is 0.540. The Kier molecular flexibility index (Phi) is 4.51. The number of likely N-dealkylation sites (N-methyl/N-ethyl adjacent to an activating group) is 1. The number of hydrogen-bond acceptors (Lipinski definition) is 4. The Balaban J connectivity index is 2.13. The number of carbonyl (C=O) groups excluding carboxylic acids is 2. The summed E-state index contributed by atoms with van der Waals surface area (Å²) in [6.07, 6.45) is 2.02. The van der Waals surface area contributed by atoms with Crippen molar-refractivity contribution >= 4 is 11.9 Å². The lowest BCUT2D eigenvalue weighted by atomic mass is 10.5. The van der Waals surface area contributed by atoms with Gasteiger partial charge < -0.3 is 11.1 Å². The normalized spacial score (nSPS) is 15.1. The highest BCUT2D eigenvalue weighted by molar-refractivity contribution is 5.95. The van der Waals surface area contributed by atoms with E-state index >= 15 is 0 Å². The number of nitrogens with zero attached hydrogens (tertiary/aromatic N) is 1. The average Bonchev–Trinajstić information content (AvgIpc) is 2.87. The van der Waals surface area contributed by atoms with Crippen LogP contribution in [0.3, 0.4) is 0 Å². The largest absolute Gasteiger partial charge is 0.335 e. The summed E-state index contributed by atoms with van der Waals surface area (Å²) >= 11 is 0. The van der Waals surface area contributed by atoms with E-state index in [9.17, 15) is 9.59 Å². The molecule has 0 atom stereocenters. The van der Waals surface area contributed by atoms with Gasteiger partial charge in [0.25, 0.3) is 0 Å². The van der Waals surface area contributed by atoms with Gasteiger partial charge in [-0.25, -0.2) is 4.79 Å². The van der Waals surface area contributed by atoms with Crippen LogP contribution in [0.1, 0.15) is 12.8 Å². The maximum absolute atomic E-state index is 11.3. The molecule has 1 aliphatic carbocycles. The van der Waals surface area contributed by atoms with E-state index in [0.29, 0.717) is 13.1 Å². The van der Waals surface area contributed by atoms with E-state index in [1.165, 1.54) is 0 Å². The standard InChI is InChI=1S/C9H18N4O2/c1-13(5-4-10)6-8(14)12-9(15)11-7-2-3-7/h7H,2-6,10H2,1H3,(H2,11,12,14,15). The molecule has 15 heavy (non-hydrogen) atoms. The molecule has 0 heterocycles. The van der Waals surface area contributed by atoms with E-state index in [2.05, 4.69) is 10.6 Å². The van der Waals surface area contributed by atoms with E-state index in [-0.39, 0.29) is 18.5 Å². The van der Waals surface area contributed by atoms with Crippen molar-refractivity contribution in [3.63, 3.8) is 0 Å². The first-order chi connectivity index (χ1) is 7.11. The first-order valence-corrected chi connectivity index (χ1v) is 5.10. The number of imide groups is 1. The summed E-state index contributed by atoms with van der Waals surface area (Å²) in [4.78, 5) is 24.2. The molecule has 4 N–H and O–H groups in total. The Morgan fingerprint density at radius 3 is 2.67 bits per heavy atom. The Labute approximate surface area is 89.2 Å². The molecule has 0 spiro atoms. The Morgan fingerprint density at radius 2 is 2.13 bits per heavy atom. The predicted octanol–water partition coefficient (Wildman–Crippen LogP) is -1.13. The molecule has 0 aliphatic heterocycles. The third kappa shape index (κ3) is 5.34. The van der Waals surface area contributed by atoms with Crippen molar-refractivity contribution in [1.29, 1.82) is 0 Å². The average molecular weight is 214 g/mol. The van der Waals surface area contributed by atoms with Crippen molar-refractivity contribution in [2.24, 2.45) is 5.73 Å². The van der Waals surface area contributed by atoms with Gasteiger partial charge in [-0.05, 0) is 19.9 Å². The van der Waals surface area contributed by atoms with Gasteiger partial charge in [0.15, 0.2) is 0 Å². The zero-order chi connectivity index (χ0) is 11.3. The van der Waals surface area contributed by atoms with Crippen LogP contribution < -0.4 is 16.4 Å². The van der Waals surface area contributed by atoms with Crippen molar-refractivity contribution in [1.82, 2.24) is 15.5 Å². The van der Waals surface area contributed by atoms with Crippen molar-refractivity contribution in [3.8, 4) is 0 Å². The van der Waals surface area contributed by atoms with Crippen LogP contribution in [0.25, 0.3) is 0 Å². The summed E-state index contributed by atoms with van der Waals surface area (Å²) in [5.74, 6) is -0.302. The van der Waals surface area contributed by atoms with Crippen molar-refractivity contribution < 1.29 is 9.59 Å². The lowest BCUT2D eigenvalue weighted by Gasteiger charge is -2.14. The van der Waals surface area contributed by atoms with Gasteiger partial charge in [-0.2, -0.15) is 0 Å². The summed E-state index contributed by atoms with van der Waals surface area (Å²) in [6, 6.07) is -0.136. The van der Waals surface area contributed by atoms with Gasteiger partial charge in [-0.3, -0.25) is 15.0 Å². The minimum Gasteiger partial charge on any atom is -0.335 e. The molecule has 0 bridgehead atoms. The van der Waals surface area contributed by atoms with Gasteiger partial charge >= 0.3 is 6.03 Å². The summed E-state index contributed by atoms with van der Waals surface area (Å²) in [6.45, 7) is 1.32. The Bertz CT molecular complexity index is 240. The summed E-state index contributed by atoms with van der Waals surface area (Å²) in [7, 11) is 1.78. The molecule has 6 nitrogen and oxygen atoms in total. The monoisotopic (exact) mass is 214 g/mol. The van der Waals surface area contributed by atoms with Gasteiger partial charge in [0.05, 0.1) is 6.54 Å². The molecule has 3 amide bonds. The highest BCUT2D eigenvalue weighted by Crippen LogP contribution is 2.18. The van der Waals surface area contributed by atoms with Gasteiger partial charge in [0.2, 0.25) is 5.91 Å². The zero-order valence-electron chi connectivity index (χ0n) is 8.95. The molecule has 0 radical (unpaired) electrons. The molecule has 1 aliphatic rings. The Hall–Kier alpha value is -1.14. The highest BCUT2D eigenvalue weighted by atomic mass is 16.2. The second-order valence-electron chi connectivity index (χ2n) is 3.82. The molecular formula is C9H18N4O2. The van der Waals surface area contributed by atoms with Crippen LogP contribution in [0.4, 0.5) is 4.79 Å². The maximum atomic E-state index is 11.3. The molecule has 1 fully saturated rings. The Morgan fingerprint density at radius 1 is 1.47 bits per heavy atom. The first kappa shape index (κ1) is 11.9. The summed E-state index contributed by atoms with van der Waals surface area (Å²) in [5.41, 5.74) is 5.33. The second-order valence-corrected chi connectivity index (χ2v) is 3.82.